The standard InChI is InChI=1S/C21H23NO5/c1-14-4-2-3-5-18(14)16-8-6-15(7-9-16)12-17(13-21(26)27)22-19(23)10-11-20(24)25/h2-9,17H,10-13H2,1H3,(H,22,23)(H,24,25)(H,26,27)/t17-/m1/s1. The largest absolute Gasteiger partial charge is 0.481 e. The van der Waals surface area contributed by atoms with Crippen molar-refractivity contribution in [2.75, 3.05) is 0 Å². The summed E-state index contributed by atoms with van der Waals surface area (Å²) in [6.07, 6.45) is -0.314. The molecule has 6 nitrogen and oxygen atoms in total. The van der Waals surface area contributed by atoms with Gasteiger partial charge in [-0.05, 0) is 35.6 Å². The van der Waals surface area contributed by atoms with Gasteiger partial charge in [0.15, 0.2) is 0 Å². The fourth-order valence-electron chi connectivity index (χ4n) is 2.91. The highest BCUT2D eigenvalue weighted by atomic mass is 16.4. The number of hydrogen-bond acceptors (Lipinski definition) is 3. The van der Waals surface area contributed by atoms with Gasteiger partial charge >= 0.3 is 11.9 Å². The van der Waals surface area contributed by atoms with Gasteiger partial charge in [-0.15, -0.1) is 0 Å². The summed E-state index contributed by atoms with van der Waals surface area (Å²) in [4.78, 5) is 33.5. The van der Waals surface area contributed by atoms with Crippen LogP contribution in [0.5, 0.6) is 0 Å². The summed E-state index contributed by atoms with van der Waals surface area (Å²) >= 11 is 0. The second kappa shape index (κ2) is 9.52. The minimum absolute atomic E-state index is 0.169. The van der Waals surface area contributed by atoms with Crippen LogP contribution >= 0.6 is 0 Å². The molecule has 0 aliphatic carbocycles. The maximum atomic E-state index is 11.8. The monoisotopic (exact) mass is 369 g/mol. The van der Waals surface area contributed by atoms with E-state index in [1.807, 2.05) is 55.5 Å². The number of amides is 1. The molecule has 2 aromatic rings. The van der Waals surface area contributed by atoms with Crippen LogP contribution in [0.2, 0.25) is 0 Å². The summed E-state index contributed by atoms with van der Waals surface area (Å²) in [5, 5.41) is 20.3. The Labute approximate surface area is 157 Å². The summed E-state index contributed by atoms with van der Waals surface area (Å²) < 4.78 is 0. The van der Waals surface area contributed by atoms with Crippen molar-refractivity contribution in [1.82, 2.24) is 5.32 Å². The van der Waals surface area contributed by atoms with Crippen molar-refractivity contribution >= 4 is 17.8 Å². The maximum absolute atomic E-state index is 11.8. The molecule has 0 aliphatic heterocycles. The molecule has 1 amide bonds. The number of hydrogen-bond donors (Lipinski definition) is 3. The van der Waals surface area contributed by atoms with E-state index in [1.54, 1.807) is 0 Å². The van der Waals surface area contributed by atoms with Gasteiger partial charge in [0, 0.05) is 12.5 Å². The van der Waals surface area contributed by atoms with Gasteiger partial charge in [-0.1, -0.05) is 48.5 Å². The Bertz CT molecular complexity index is 814. The lowest BCUT2D eigenvalue weighted by Crippen LogP contribution is -2.38. The van der Waals surface area contributed by atoms with Crippen molar-refractivity contribution in [3.05, 3.63) is 59.7 Å². The van der Waals surface area contributed by atoms with E-state index in [1.165, 1.54) is 5.56 Å². The molecule has 0 bridgehead atoms. The van der Waals surface area contributed by atoms with Gasteiger partial charge in [-0.3, -0.25) is 14.4 Å². The van der Waals surface area contributed by atoms with Crippen LogP contribution in [0.4, 0.5) is 0 Å². The second-order valence-electron chi connectivity index (χ2n) is 6.47. The van der Waals surface area contributed by atoms with E-state index in [4.69, 9.17) is 10.2 Å². The van der Waals surface area contributed by atoms with E-state index < -0.39 is 23.9 Å². The van der Waals surface area contributed by atoms with Gasteiger partial charge < -0.3 is 15.5 Å². The summed E-state index contributed by atoms with van der Waals surface area (Å²) in [5.74, 6) is -2.54. The predicted octanol–water partition coefficient (Wildman–Crippen LogP) is 3.03. The van der Waals surface area contributed by atoms with Crippen LogP contribution in [-0.2, 0) is 20.8 Å². The number of nitrogens with one attached hydrogen (secondary N) is 1. The molecule has 0 unspecified atom stereocenters. The van der Waals surface area contributed by atoms with Crippen LogP contribution in [0.15, 0.2) is 48.5 Å². The molecule has 1 atom stereocenters. The second-order valence-corrected chi connectivity index (χ2v) is 6.47. The summed E-state index contributed by atoms with van der Waals surface area (Å²) in [5.41, 5.74) is 4.27. The van der Waals surface area contributed by atoms with Gasteiger partial charge in [-0.2, -0.15) is 0 Å². The minimum atomic E-state index is -1.06. The topological polar surface area (TPSA) is 104 Å². The first-order valence-electron chi connectivity index (χ1n) is 8.73. The Morgan fingerprint density at radius 1 is 0.926 bits per heavy atom. The lowest BCUT2D eigenvalue weighted by atomic mass is 9.97. The molecule has 0 saturated carbocycles. The first kappa shape index (κ1) is 20.2. The smallest absolute Gasteiger partial charge is 0.305 e. The molecule has 2 rings (SSSR count). The maximum Gasteiger partial charge on any atom is 0.305 e. The third-order valence-electron chi connectivity index (χ3n) is 4.24. The zero-order chi connectivity index (χ0) is 19.8. The first-order valence-corrected chi connectivity index (χ1v) is 8.73. The Balaban J connectivity index is 2.06. The first-order chi connectivity index (χ1) is 12.8. The van der Waals surface area contributed by atoms with Crippen molar-refractivity contribution in [2.24, 2.45) is 0 Å². The number of aryl methyl sites for hydroxylation is 1. The van der Waals surface area contributed by atoms with Crippen LogP contribution < -0.4 is 5.32 Å². The third kappa shape index (κ3) is 6.58. The predicted molar refractivity (Wildman–Crippen MR) is 101 cm³/mol. The van der Waals surface area contributed by atoms with Gasteiger partial charge in [0.05, 0.1) is 12.8 Å². The average Bonchev–Trinajstić information content (AvgIpc) is 2.60. The fraction of sp³-hybridized carbons (Fsp3) is 0.286. The van der Waals surface area contributed by atoms with E-state index >= 15 is 0 Å². The van der Waals surface area contributed by atoms with E-state index in [2.05, 4.69) is 5.32 Å². The number of carbonyl (C=O) groups is 3. The Morgan fingerprint density at radius 3 is 2.19 bits per heavy atom. The molecule has 0 aromatic heterocycles. The number of carbonyl (C=O) groups excluding carboxylic acids is 1. The molecule has 3 N–H and O–H groups in total. The third-order valence-corrected chi connectivity index (χ3v) is 4.24. The highest BCUT2D eigenvalue weighted by molar-refractivity contribution is 5.81. The SMILES string of the molecule is Cc1ccccc1-c1ccc(C[C@H](CC(=O)O)NC(=O)CCC(=O)O)cc1. The molecule has 0 spiro atoms. The molecule has 142 valence electrons. The summed E-state index contributed by atoms with van der Waals surface area (Å²) in [7, 11) is 0. The van der Waals surface area contributed by atoms with Gasteiger partial charge in [0.25, 0.3) is 0 Å². The molecule has 6 heteroatoms. The van der Waals surface area contributed by atoms with E-state index in [9.17, 15) is 14.4 Å². The summed E-state index contributed by atoms with van der Waals surface area (Å²) in [6.45, 7) is 2.04. The molecule has 0 aliphatic rings. The van der Waals surface area contributed by atoms with Crippen LogP contribution in [0, 0.1) is 6.92 Å². The molecular formula is C21H23NO5. The van der Waals surface area contributed by atoms with Crippen LogP contribution in [0.25, 0.3) is 11.1 Å². The van der Waals surface area contributed by atoms with Gasteiger partial charge in [0.1, 0.15) is 0 Å². The molecule has 0 heterocycles. The Kier molecular flexibility index (Phi) is 7.11. The lowest BCUT2D eigenvalue weighted by molar-refractivity contribution is -0.140. The number of benzene rings is 2. The Hall–Kier alpha value is -3.15. The molecule has 0 saturated heterocycles. The van der Waals surface area contributed by atoms with E-state index in [-0.39, 0.29) is 19.3 Å². The zero-order valence-electron chi connectivity index (χ0n) is 15.1. The van der Waals surface area contributed by atoms with Crippen LogP contribution in [0.3, 0.4) is 0 Å². The van der Waals surface area contributed by atoms with Crippen molar-refractivity contribution in [3.63, 3.8) is 0 Å². The number of rotatable bonds is 9. The molecule has 2 aromatic carbocycles. The van der Waals surface area contributed by atoms with Crippen LogP contribution in [0.1, 0.15) is 30.4 Å². The van der Waals surface area contributed by atoms with E-state index in [0.29, 0.717) is 6.42 Å². The Morgan fingerprint density at radius 2 is 1.59 bits per heavy atom. The molecular weight excluding hydrogens is 346 g/mol. The fourth-order valence-corrected chi connectivity index (χ4v) is 2.91. The molecule has 0 radical (unpaired) electrons. The minimum Gasteiger partial charge on any atom is -0.481 e. The van der Waals surface area contributed by atoms with Crippen molar-refractivity contribution in [3.8, 4) is 11.1 Å². The molecule has 0 fully saturated rings. The van der Waals surface area contributed by atoms with Gasteiger partial charge in [-0.25, -0.2) is 0 Å². The normalized spacial score (nSPS) is 11.6. The van der Waals surface area contributed by atoms with Gasteiger partial charge in [0.2, 0.25) is 5.91 Å². The highest BCUT2D eigenvalue weighted by Gasteiger charge is 2.17. The number of aliphatic carboxylic acids is 2. The lowest BCUT2D eigenvalue weighted by Gasteiger charge is -2.17. The summed E-state index contributed by atoms with van der Waals surface area (Å²) in [6, 6.07) is 15.2. The van der Waals surface area contributed by atoms with Crippen molar-refractivity contribution in [1.29, 1.82) is 0 Å². The highest BCUT2D eigenvalue weighted by Crippen LogP contribution is 2.23. The van der Waals surface area contributed by atoms with Crippen LogP contribution in [-0.4, -0.2) is 34.1 Å². The number of carboxylic acid groups (broad SMARTS) is 2. The quantitative estimate of drug-likeness (QED) is 0.630. The molecule has 27 heavy (non-hydrogen) atoms. The average molecular weight is 369 g/mol. The van der Waals surface area contributed by atoms with Crippen molar-refractivity contribution < 1.29 is 24.6 Å². The number of carboxylic acids is 2. The van der Waals surface area contributed by atoms with Crippen molar-refractivity contribution in [2.45, 2.75) is 38.6 Å². The zero-order valence-corrected chi connectivity index (χ0v) is 15.1. The van der Waals surface area contributed by atoms with E-state index in [0.717, 1.165) is 16.7 Å².